The molecule has 0 bridgehead atoms. The van der Waals surface area contributed by atoms with E-state index in [4.69, 9.17) is 4.74 Å². The van der Waals surface area contributed by atoms with Crippen LogP contribution in [0.1, 0.15) is 0 Å². The summed E-state index contributed by atoms with van der Waals surface area (Å²) in [5.74, 6) is 0. The zero-order valence-corrected chi connectivity index (χ0v) is 6.76. The van der Waals surface area contributed by atoms with E-state index in [-0.39, 0.29) is 0 Å². The Morgan fingerprint density at radius 2 is 1.75 bits per heavy atom. The highest BCUT2D eigenvalue weighted by Gasteiger charge is 2.44. The molecule has 0 spiro atoms. The Morgan fingerprint density at radius 1 is 1.17 bits per heavy atom. The zero-order chi connectivity index (χ0) is 9.30. The summed E-state index contributed by atoms with van der Waals surface area (Å²) in [6.45, 7) is 0.308. The number of rotatable bonds is 1. The van der Waals surface area contributed by atoms with Crippen LogP contribution in [0.25, 0.3) is 0 Å². The molecule has 1 fully saturated rings. The normalized spacial score (nSPS) is 49.2. The largest absolute Gasteiger partial charge is 0.387 e. The molecule has 6 heteroatoms. The molecular weight excluding hydrogens is 164 g/mol. The average molecular weight is 180 g/mol. The second-order valence-electron chi connectivity index (χ2n) is 3.00. The van der Waals surface area contributed by atoms with Crippen molar-refractivity contribution in [1.82, 2.24) is 0 Å². The Bertz CT molecular complexity index is 152. The van der Waals surface area contributed by atoms with Crippen molar-refractivity contribution in [3.63, 3.8) is 0 Å². The molecule has 0 radical (unpaired) electrons. The van der Waals surface area contributed by atoms with Gasteiger partial charge in [-0.3, -0.25) is 0 Å². The number of ether oxygens (including phenoxy) is 1. The van der Waals surface area contributed by atoms with Gasteiger partial charge >= 0.3 is 0 Å². The van der Waals surface area contributed by atoms with Crippen LogP contribution in [-0.4, -0.2) is 52.5 Å². The highest BCUT2D eigenvalue weighted by Crippen LogP contribution is 2.15. The van der Waals surface area contributed by atoms with Gasteiger partial charge in [-0.25, -0.2) is 0 Å². The molecule has 1 rings (SSSR count). The smallest absolute Gasteiger partial charge is 0.211 e. The number of aliphatic hydroxyl groups excluding tert-OH is 3. The molecule has 0 aromatic carbocycles. The molecule has 0 saturated carbocycles. The third-order valence-corrected chi connectivity index (χ3v) is 2.13. The van der Waals surface area contributed by atoms with Crippen molar-refractivity contribution in [2.75, 3.05) is 6.54 Å². The predicted octanol–water partition coefficient (Wildman–Crippen LogP) is -4.72. The molecule has 1 heterocycles. The van der Waals surface area contributed by atoms with Crippen LogP contribution in [0.4, 0.5) is 0 Å². The Hall–Kier alpha value is -0.240. The minimum absolute atomic E-state index is 0.308. The first-order valence-electron chi connectivity index (χ1n) is 3.90. The van der Waals surface area contributed by atoms with Gasteiger partial charge in [0, 0.05) is 0 Å². The molecule has 0 aromatic rings. The molecule has 72 valence electrons. The summed E-state index contributed by atoms with van der Waals surface area (Å²) in [5.41, 5.74) is 7.00. The maximum Gasteiger partial charge on any atom is 0.211 e. The predicted molar refractivity (Wildman–Crippen MR) is 37.3 cm³/mol. The average Bonchev–Trinajstić information content (AvgIpc) is 2.08. The molecule has 12 heavy (non-hydrogen) atoms. The monoisotopic (exact) mass is 180 g/mol. The van der Waals surface area contributed by atoms with E-state index in [0.29, 0.717) is 6.54 Å². The first-order valence-corrected chi connectivity index (χ1v) is 3.90. The van der Waals surface area contributed by atoms with Gasteiger partial charge in [0.2, 0.25) is 6.29 Å². The van der Waals surface area contributed by atoms with Gasteiger partial charge in [0.15, 0.2) is 6.04 Å². The van der Waals surface area contributed by atoms with E-state index in [2.05, 4.69) is 11.5 Å². The zero-order valence-electron chi connectivity index (χ0n) is 6.76. The lowest BCUT2D eigenvalue weighted by Crippen LogP contribution is -2.79. The van der Waals surface area contributed by atoms with Crippen LogP contribution in [-0.2, 0) is 4.74 Å². The van der Waals surface area contributed by atoms with Gasteiger partial charge in [-0.05, 0) is 0 Å². The quantitative estimate of drug-likeness (QED) is 0.278. The third-order valence-electron chi connectivity index (χ3n) is 2.13. The third kappa shape index (κ3) is 1.58. The maximum absolute atomic E-state index is 9.36. The fourth-order valence-electron chi connectivity index (χ4n) is 1.24. The second kappa shape index (κ2) is 3.65. The molecule has 5 atom stereocenters. The fraction of sp³-hybridized carbons (Fsp3) is 1.00. The van der Waals surface area contributed by atoms with E-state index in [9.17, 15) is 15.3 Å². The topological polar surface area (TPSA) is 125 Å². The Kier molecular flexibility index (Phi) is 2.99. The lowest BCUT2D eigenvalue weighted by atomic mass is 9.98. The molecule has 1 aliphatic rings. The Balaban J connectivity index is 2.63. The Labute approximate surface area is 69.7 Å². The molecule has 1 saturated heterocycles. The standard InChI is InChI=1S/C6H14N2O4/c7-1-2-4(9)5(10)3(8)6(11)12-2/h2-6,9-11H,1,7-8H2/p+2/t2-,3-,4-,5-,6+/m1/s1. The summed E-state index contributed by atoms with van der Waals surface area (Å²) >= 11 is 0. The molecule has 0 aliphatic carbocycles. The van der Waals surface area contributed by atoms with Crippen LogP contribution in [0.3, 0.4) is 0 Å². The molecule has 6 nitrogen and oxygen atoms in total. The van der Waals surface area contributed by atoms with Gasteiger partial charge in [-0.15, -0.1) is 0 Å². The summed E-state index contributed by atoms with van der Waals surface area (Å²) in [7, 11) is 0. The van der Waals surface area contributed by atoms with Gasteiger partial charge in [-0.1, -0.05) is 0 Å². The first kappa shape index (κ1) is 9.85. The van der Waals surface area contributed by atoms with Crippen molar-refractivity contribution >= 4 is 0 Å². The lowest BCUT2D eigenvalue weighted by Gasteiger charge is -2.35. The fourth-order valence-corrected chi connectivity index (χ4v) is 1.24. The van der Waals surface area contributed by atoms with Crippen LogP contribution in [0.15, 0.2) is 0 Å². The maximum atomic E-state index is 9.36. The molecule has 9 N–H and O–H groups in total. The number of aliphatic hydroxyl groups is 3. The van der Waals surface area contributed by atoms with Crippen molar-refractivity contribution in [3.8, 4) is 0 Å². The number of hydrogen-bond acceptors (Lipinski definition) is 4. The van der Waals surface area contributed by atoms with Gasteiger partial charge in [0.25, 0.3) is 0 Å². The van der Waals surface area contributed by atoms with Gasteiger partial charge in [-0.2, -0.15) is 0 Å². The molecule has 0 aromatic heterocycles. The van der Waals surface area contributed by atoms with Crippen molar-refractivity contribution in [3.05, 3.63) is 0 Å². The summed E-state index contributed by atoms with van der Waals surface area (Å²) in [6.07, 6.45) is -3.77. The minimum Gasteiger partial charge on any atom is -0.387 e. The van der Waals surface area contributed by atoms with Crippen LogP contribution in [0.2, 0.25) is 0 Å². The van der Waals surface area contributed by atoms with E-state index < -0.39 is 30.6 Å². The SMILES string of the molecule is [NH3+]C[C@H]1O[C@H](O)[C@H]([NH3+])[C@@H](O)[C@@H]1O. The molecular formula is C6H16N2O4+2. The molecule has 0 unspecified atom stereocenters. The number of quaternary nitrogens is 2. The number of hydrogen-bond donors (Lipinski definition) is 5. The van der Waals surface area contributed by atoms with Crippen molar-refractivity contribution in [2.45, 2.75) is 30.6 Å². The van der Waals surface area contributed by atoms with E-state index in [1.165, 1.54) is 0 Å². The Morgan fingerprint density at radius 3 is 2.25 bits per heavy atom. The summed E-state index contributed by atoms with van der Waals surface area (Å²) in [5, 5.41) is 27.9. The van der Waals surface area contributed by atoms with Crippen molar-refractivity contribution in [1.29, 1.82) is 0 Å². The van der Waals surface area contributed by atoms with Crippen molar-refractivity contribution in [2.24, 2.45) is 0 Å². The van der Waals surface area contributed by atoms with Gasteiger partial charge in [0.05, 0.1) is 0 Å². The summed E-state index contributed by atoms with van der Waals surface area (Å²) in [6, 6.07) is -0.706. The summed E-state index contributed by atoms with van der Waals surface area (Å²) < 4.78 is 4.95. The highest BCUT2D eigenvalue weighted by molar-refractivity contribution is 4.86. The van der Waals surface area contributed by atoms with Crippen LogP contribution >= 0.6 is 0 Å². The minimum atomic E-state index is -1.12. The van der Waals surface area contributed by atoms with Crippen LogP contribution < -0.4 is 11.5 Å². The van der Waals surface area contributed by atoms with E-state index >= 15 is 0 Å². The molecule has 1 aliphatic heterocycles. The van der Waals surface area contributed by atoms with Gasteiger partial charge < -0.3 is 31.5 Å². The van der Waals surface area contributed by atoms with E-state index in [1.807, 2.05) is 0 Å². The highest BCUT2D eigenvalue weighted by atomic mass is 16.6. The van der Waals surface area contributed by atoms with Crippen molar-refractivity contribution < 1.29 is 31.5 Å². The van der Waals surface area contributed by atoms with Crippen LogP contribution in [0.5, 0.6) is 0 Å². The van der Waals surface area contributed by atoms with E-state index in [0.717, 1.165) is 0 Å². The second-order valence-corrected chi connectivity index (χ2v) is 3.00. The lowest BCUT2D eigenvalue weighted by molar-refractivity contribution is -0.506. The first-order chi connectivity index (χ1) is 5.57. The summed E-state index contributed by atoms with van der Waals surface area (Å²) in [4.78, 5) is 0. The van der Waals surface area contributed by atoms with Gasteiger partial charge in [0.1, 0.15) is 24.9 Å². The molecule has 0 amide bonds. The van der Waals surface area contributed by atoms with E-state index in [1.54, 1.807) is 0 Å². The van der Waals surface area contributed by atoms with Crippen LogP contribution in [0, 0.1) is 0 Å².